The van der Waals surface area contributed by atoms with Crippen LogP contribution in [-0.4, -0.2) is 19.6 Å². The molecule has 0 bridgehead atoms. The minimum absolute atomic E-state index is 0.590. The van der Waals surface area contributed by atoms with Crippen LogP contribution in [0.5, 0.6) is 0 Å². The molecule has 0 aromatic carbocycles. The number of hydrogen-bond donors (Lipinski definition) is 0. The molecule has 4 heteroatoms. The lowest BCUT2D eigenvalue weighted by Gasteiger charge is -2.01. The molecule has 2 rings (SSSR count). The highest BCUT2D eigenvalue weighted by Crippen LogP contribution is 2.06. The molecule has 0 fully saturated rings. The highest BCUT2D eigenvalue weighted by atomic mass is 15.3. The van der Waals surface area contributed by atoms with Crippen LogP contribution >= 0.6 is 0 Å². The zero-order valence-electron chi connectivity index (χ0n) is 7.81. The third kappa shape index (κ3) is 1.52. The van der Waals surface area contributed by atoms with Crippen molar-refractivity contribution in [2.75, 3.05) is 0 Å². The average Bonchev–Trinajstić information content (AvgIpc) is 2.48. The van der Waals surface area contributed by atoms with E-state index in [4.69, 9.17) is 0 Å². The maximum Gasteiger partial charge on any atom is 0.254 e. The summed E-state index contributed by atoms with van der Waals surface area (Å²) in [5, 5.41) is 8.06. The Morgan fingerprint density at radius 3 is 3.00 bits per heavy atom. The van der Waals surface area contributed by atoms with Crippen molar-refractivity contribution in [3.63, 3.8) is 0 Å². The first-order chi connectivity index (χ1) is 6.27. The molecule has 0 N–H and O–H groups in total. The summed E-state index contributed by atoms with van der Waals surface area (Å²) in [6.07, 6.45) is 4.61. The van der Waals surface area contributed by atoms with E-state index in [2.05, 4.69) is 29.0 Å². The van der Waals surface area contributed by atoms with E-state index in [9.17, 15) is 0 Å². The van der Waals surface area contributed by atoms with E-state index in [1.807, 2.05) is 16.7 Å². The Bertz CT molecular complexity index is 405. The summed E-state index contributed by atoms with van der Waals surface area (Å²) in [5.41, 5.74) is 0. The van der Waals surface area contributed by atoms with E-state index < -0.39 is 0 Å². The zero-order chi connectivity index (χ0) is 9.26. The van der Waals surface area contributed by atoms with Gasteiger partial charge in [-0.1, -0.05) is 13.8 Å². The topological polar surface area (TPSA) is 43.1 Å². The van der Waals surface area contributed by atoms with Crippen LogP contribution in [0.2, 0.25) is 0 Å². The fraction of sp³-hybridized carbons (Fsp3) is 0.444. The van der Waals surface area contributed by atoms with E-state index in [0.717, 1.165) is 12.2 Å². The van der Waals surface area contributed by atoms with E-state index in [-0.39, 0.29) is 0 Å². The molecule has 13 heavy (non-hydrogen) atoms. The van der Waals surface area contributed by atoms with Crippen LogP contribution in [0.25, 0.3) is 5.78 Å². The molecule has 0 atom stereocenters. The lowest BCUT2D eigenvalue weighted by molar-refractivity contribution is 0.616. The average molecular weight is 176 g/mol. The van der Waals surface area contributed by atoms with Gasteiger partial charge in [0.15, 0.2) is 0 Å². The summed E-state index contributed by atoms with van der Waals surface area (Å²) in [6, 6.07) is 1.89. The zero-order valence-corrected chi connectivity index (χ0v) is 7.81. The number of fused-ring (bicyclic) bond motifs is 1. The number of nitrogens with zero attached hydrogens (tertiary/aromatic N) is 4. The summed E-state index contributed by atoms with van der Waals surface area (Å²) in [7, 11) is 0. The molecular weight excluding hydrogens is 164 g/mol. The van der Waals surface area contributed by atoms with Gasteiger partial charge in [0.1, 0.15) is 5.82 Å². The maximum absolute atomic E-state index is 4.10. The first kappa shape index (κ1) is 8.16. The van der Waals surface area contributed by atoms with Crippen LogP contribution in [0.3, 0.4) is 0 Å². The van der Waals surface area contributed by atoms with Crippen molar-refractivity contribution in [3.05, 3.63) is 24.3 Å². The SMILES string of the molecule is CC(C)Cc1nnc2ncccn12. The molecule has 0 radical (unpaired) electrons. The molecule has 68 valence electrons. The third-order valence-electron chi connectivity index (χ3n) is 1.85. The van der Waals surface area contributed by atoms with Crippen molar-refractivity contribution >= 4 is 5.78 Å². The van der Waals surface area contributed by atoms with Gasteiger partial charge in [0.25, 0.3) is 5.78 Å². The van der Waals surface area contributed by atoms with Crippen molar-refractivity contribution in [2.24, 2.45) is 5.92 Å². The largest absolute Gasteiger partial charge is 0.270 e. The molecule has 2 heterocycles. The Balaban J connectivity index is 2.46. The van der Waals surface area contributed by atoms with Crippen molar-refractivity contribution in [1.82, 2.24) is 19.6 Å². The first-order valence-corrected chi connectivity index (χ1v) is 4.42. The molecule has 0 aliphatic heterocycles. The number of rotatable bonds is 2. The van der Waals surface area contributed by atoms with Crippen molar-refractivity contribution in [3.8, 4) is 0 Å². The summed E-state index contributed by atoms with van der Waals surface area (Å²) >= 11 is 0. The fourth-order valence-electron chi connectivity index (χ4n) is 1.29. The third-order valence-corrected chi connectivity index (χ3v) is 1.85. The van der Waals surface area contributed by atoms with Gasteiger partial charge in [-0.15, -0.1) is 10.2 Å². The van der Waals surface area contributed by atoms with Gasteiger partial charge in [-0.05, 0) is 12.0 Å². The predicted octanol–water partition coefficient (Wildman–Crippen LogP) is 1.32. The minimum atomic E-state index is 0.590. The molecule has 4 nitrogen and oxygen atoms in total. The molecule has 0 amide bonds. The Labute approximate surface area is 76.6 Å². The van der Waals surface area contributed by atoms with Gasteiger partial charge < -0.3 is 0 Å². The van der Waals surface area contributed by atoms with Crippen LogP contribution in [0.4, 0.5) is 0 Å². The summed E-state index contributed by atoms with van der Waals surface area (Å²) in [6.45, 7) is 4.33. The Morgan fingerprint density at radius 2 is 2.23 bits per heavy atom. The van der Waals surface area contributed by atoms with Crippen LogP contribution in [0.15, 0.2) is 18.5 Å². The highest BCUT2D eigenvalue weighted by Gasteiger charge is 2.06. The second-order valence-electron chi connectivity index (χ2n) is 3.50. The normalized spacial score (nSPS) is 11.3. The van der Waals surface area contributed by atoms with Crippen LogP contribution in [0.1, 0.15) is 19.7 Å². The lowest BCUT2D eigenvalue weighted by Crippen LogP contribution is -2.00. The van der Waals surface area contributed by atoms with Crippen LogP contribution in [-0.2, 0) is 6.42 Å². The highest BCUT2D eigenvalue weighted by molar-refractivity contribution is 5.26. The molecule has 0 aliphatic rings. The predicted molar refractivity (Wildman–Crippen MR) is 49.3 cm³/mol. The van der Waals surface area contributed by atoms with Crippen molar-refractivity contribution in [2.45, 2.75) is 20.3 Å². The molecule has 0 aliphatic carbocycles. The summed E-state index contributed by atoms with van der Waals surface area (Å²) < 4.78 is 1.93. The van der Waals surface area contributed by atoms with Gasteiger partial charge in [-0.25, -0.2) is 4.98 Å². The first-order valence-electron chi connectivity index (χ1n) is 4.42. The van der Waals surface area contributed by atoms with Crippen molar-refractivity contribution < 1.29 is 0 Å². The molecule has 2 aromatic heterocycles. The summed E-state index contributed by atoms with van der Waals surface area (Å²) in [5.74, 6) is 2.25. The number of aromatic nitrogens is 4. The second kappa shape index (κ2) is 3.12. The van der Waals surface area contributed by atoms with Crippen LogP contribution < -0.4 is 0 Å². The Hall–Kier alpha value is -1.45. The lowest BCUT2D eigenvalue weighted by atomic mass is 10.1. The van der Waals surface area contributed by atoms with E-state index in [1.54, 1.807) is 6.20 Å². The van der Waals surface area contributed by atoms with E-state index in [0.29, 0.717) is 11.7 Å². The molecular formula is C9H12N4. The van der Waals surface area contributed by atoms with Gasteiger partial charge in [-0.2, -0.15) is 0 Å². The Kier molecular flexibility index (Phi) is 1.96. The standard InChI is InChI=1S/C9H12N4/c1-7(2)6-8-11-12-9-10-4-3-5-13(8)9/h3-5,7H,6H2,1-2H3. The van der Waals surface area contributed by atoms with Crippen molar-refractivity contribution in [1.29, 1.82) is 0 Å². The van der Waals surface area contributed by atoms with E-state index in [1.165, 1.54) is 0 Å². The smallest absolute Gasteiger partial charge is 0.254 e. The van der Waals surface area contributed by atoms with E-state index >= 15 is 0 Å². The maximum atomic E-state index is 4.10. The van der Waals surface area contributed by atoms with Gasteiger partial charge in [-0.3, -0.25) is 4.40 Å². The van der Waals surface area contributed by atoms with Gasteiger partial charge in [0.2, 0.25) is 0 Å². The van der Waals surface area contributed by atoms with Gasteiger partial charge in [0.05, 0.1) is 0 Å². The molecule has 0 unspecified atom stereocenters. The van der Waals surface area contributed by atoms with Gasteiger partial charge in [0, 0.05) is 18.8 Å². The number of hydrogen-bond acceptors (Lipinski definition) is 3. The Morgan fingerprint density at radius 1 is 1.38 bits per heavy atom. The minimum Gasteiger partial charge on any atom is -0.270 e. The quantitative estimate of drug-likeness (QED) is 0.693. The molecule has 2 aromatic rings. The molecule has 0 spiro atoms. The fourth-order valence-corrected chi connectivity index (χ4v) is 1.29. The van der Waals surface area contributed by atoms with Crippen LogP contribution in [0, 0.1) is 5.92 Å². The molecule has 0 saturated heterocycles. The molecule has 0 saturated carbocycles. The van der Waals surface area contributed by atoms with Gasteiger partial charge >= 0.3 is 0 Å². The second-order valence-corrected chi connectivity index (χ2v) is 3.50. The monoisotopic (exact) mass is 176 g/mol. The summed E-state index contributed by atoms with van der Waals surface area (Å²) in [4.78, 5) is 4.10.